The summed E-state index contributed by atoms with van der Waals surface area (Å²) in [6.45, 7) is 0. The second-order valence-corrected chi connectivity index (χ2v) is 2.51. The average Bonchev–Trinajstić information content (AvgIpc) is 2.11. The fourth-order valence-electron chi connectivity index (χ4n) is 0.821. The smallest absolute Gasteiger partial charge is 0.364 e. The largest absolute Gasteiger partial charge is 0.505 e. The first-order valence-corrected chi connectivity index (χ1v) is 3.59. The number of aliphatic carboxylic acids is 1. The molecule has 0 atom stereocenters. The zero-order valence-corrected chi connectivity index (χ0v) is 6.87. The highest BCUT2D eigenvalue weighted by atomic mass is 19.1. The zero-order chi connectivity index (χ0) is 10.7. The second kappa shape index (κ2) is 3.87. The molecule has 1 rings (SSSR count). The molecule has 1 aromatic carbocycles. The highest BCUT2D eigenvalue weighted by Gasteiger charge is 2.06. The van der Waals surface area contributed by atoms with Gasteiger partial charge in [0.05, 0.1) is 0 Å². The summed E-state index contributed by atoms with van der Waals surface area (Å²) in [5, 5.41) is 17.0. The molecule has 1 aromatic rings. The summed E-state index contributed by atoms with van der Waals surface area (Å²) in [6.07, 6.45) is 0.658. The third kappa shape index (κ3) is 2.29. The Bertz CT molecular complexity index is 399. The van der Waals surface area contributed by atoms with Gasteiger partial charge in [0, 0.05) is 0 Å². The lowest BCUT2D eigenvalue weighted by Crippen LogP contribution is -1.94. The Morgan fingerprint density at radius 2 is 2.07 bits per heavy atom. The molecular weight excluding hydrogens is 194 g/mol. The molecule has 0 spiro atoms. The van der Waals surface area contributed by atoms with E-state index >= 15 is 0 Å². The molecule has 3 nitrogen and oxygen atoms in total. The first kappa shape index (κ1) is 10.2. The topological polar surface area (TPSA) is 57.5 Å². The monoisotopic (exact) mass is 200 g/mol. The van der Waals surface area contributed by atoms with E-state index in [9.17, 15) is 13.6 Å². The van der Waals surface area contributed by atoms with E-state index in [4.69, 9.17) is 10.2 Å². The number of carbonyl (C=O) groups is 1. The minimum atomic E-state index is -1.72. The van der Waals surface area contributed by atoms with Crippen molar-refractivity contribution < 1.29 is 23.8 Å². The summed E-state index contributed by atoms with van der Waals surface area (Å²) in [4.78, 5) is 10.1. The predicted octanol–water partition coefficient (Wildman–Crippen LogP) is 1.93. The van der Waals surface area contributed by atoms with E-state index < -0.39 is 23.4 Å². The maximum absolute atomic E-state index is 12.7. The Morgan fingerprint density at radius 3 is 2.57 bits per heavy atom. The van der Waals surface area contributed by atoms with Crippen LogP contribution in [0, 0.1) is 5.82 Å². The highest BCUT2D eigenvalue weighted by Crippen LogP contribution is 2.18. The Labute approximate surface area is 77.9 Å². The van der Waals surface area contributed by atoms with Crippen LogP contribution in [0.3, 0.4) is 0 Å². The van der Waals surface area contributed by atoms with Gasteiger partial charge in [0.15, 0.2) is 11.6 Å². The van der Waals surface area contributed by atoms with Gasteiger partial charge in [-0.15, -0.1) is 0 Å². The summed E-state index contributed by atoms with van der Waals surface area (Å²) in [7, 11) is 0. The van der Waals surface area contributed by atoms with E-state index in [0.29, 0.717) is 6.08 Å². The quantitative estimate of drug-likeness (QED) is 0.717. The van der Waals surface area contributed by atoms with Crippen LogP contribution in [-0.2, 0) is 4.79 Å². The lowest BCUT2D eigenvalue weighted by Gasteiger charge is -1.96. The van der Waals surface area contributed by atoms with Crippen molar-refractivity contribution in [3.05, 3.63) is 35.4 Å². The van der Waals surface area contributed by atoms with Crippen LogP contribution in [0.2, 0.25) is 0 Å². The van der Waals surface area contributed by atoms with Crippen molar-refractivity contribution >= 4 is 12.0 Å². The van der Waals surface area contributed by atoms with Gasteiger partial charge in [-0.1, -0.05) is 6.07 Å². The summed E-state index contributed by atoms with van der Waals surface area (Å²) in [5.41, 5.74) is 0.0280. The lowest BCUT2D eigenvalue weighted by atomic mass is 10.2. The third-order valence-electron chi connectivity index (χ3n) is 1.47. The van der Waals surface area contributed by atoms with E-state index in [-0.39, 0.29) is 5.56 Å². The van der Waals surface area contributed by atoms with Crippen LogP contribution in [0.15, 0.2) is 24.0 Å². The van der Waals surface area contributed by atoms with Crippen LogP contribution in [0.1, 0.15) is 5.56 Å². The van der Waals surface area contributed by atoms with E-state index in [2.05, 4.69) is 0 Å². The number of phenols is 1. The number of benzene rings is 1. The predicted molar refractivity (Wildman–Crippen MR) is 44.8 cm³/mol. The number of aromatic hydroxyl groups is 1. The lowest BCUT2D eigenvalue weighted by molar-refractivity contribution is -0.134. The molecule has 0 aromatic heterocycles. The molecule has 0 aliphatic heterocycles. The van der Waals surface area contributed by atoms with Gasteiger partial charge in [0.25, 0.3) is 0 Å². The normalized spacial score (nSPS) is 11.4. The SMILES string of the molecule is O=C(O)/C(F)=C/c1ccc(O)c(F)c1. The number of hydrogen-bond donors (Lipinski definition) is 2. The van der Waals surface area contributed by atoms with Crippen molar-refractivity contribution in [3.8, 4) is 5.75 Å². The van der Waals surface area contributed by atoms with Gasteiger partial charge in [-0.25, -0.2) is 9.18 Å². The van der Waals surface area contributed by atoms with Gasteiger partial charge in [-0.3, -0.25) is 0 Å². The number of carboxylic acids is 1. The molecule has 0 saturated heterocycles. The van der Waals surface area contributed by atoms with Gasteiger partial charge < -0.3 is 10.2 Å². The third-order valence-corrected chi connectivity index (χ3v) is 1.47. The minimum absolute atomic E-state index is 0.0280. The summed E-state index contributed by atoms with van der Waals surface area (Å²) in [6, 6.07) is 3.04. The average molecular weight is 200 g/mol. The van der Waals surface area contributed by atoms with Crippen molar-refractivity contribution in [2.24, 2.45) is 0 Å². The number of hydrogen-bond acceptors (Lipinski definition) is 2. The standard InChI is InChI=1S/C9H6F2O3/c10-6-3-5(1-2-8(6)12)4-7(11)9(13)14/h1-4,12H,(H,13,14)/b7-4-. The molecule has 2 N–H and O–H groups in total. The molecule has 0 fully saturated rings. The van der Waals surface area contributed by atoms with Gasteiger partial charge in [-0.2, -0.15) is 4.39 Å². The van der Waals surface area contributed by atoms with Crippen LogP contribution in [-0.4, -0.2) is 16.2 Å². The summed E-state index contributed by atoms with van der Waals surface area (Å²) < 4.78 is 25.2. The van der Waals surface area contributed by atoms with Crippen LogP contribution in [0.4, 0.5) is 8.78 Å². The van der Waals surface area contributed by atoms with E-state index in [0.717, 1.165) is 12.1 Å². The molecule has 0 saturated carbocycles. The second-order valence-electron chi connectivity index (χ2n) is 2.51. The number of carboxylic acid groups (broad SMARTS) is 1. The molecule has 5 heteroatoms. The Morgan fingerprint density at radius 1 is 1.43 bits per heavy atom. The first-order chi connectivity index (χ1) is 6.50. The van der Waals surface area contributed by atoms with Crippen molar-refractivity contribution in [2.45, 2.75) is 0 Å². The number of halogens is 2. The number of phenolic OH excluding ortho intramolecular Hbond substituents is 1. The molecule has 0 bridgehead atoms. The molecule has 0 radical (unpaired) electrons. The molecule has 74 valence electrons. The fraction of sp³-hybridized carbons (Fsp3) is 0. The van der Waals surface area contributed by atoms with Crippen molar-refractivity contribution in [1.82, 2.24) is 0 Å². The van der Waals surface area contributed by atoms with E-state index in [1.807, 2.05) is 0 Å². The Kier molecular flexibility index (Phi) is 2.81. The molecule has 0 unspecified atom stereocenters. The van der Waals surface area contributed by atoms with Gasteiger partial charge in [0.1, 0.15) is 0 Å². The maximum atomic E-state index is 12.7. The Hall–Kier alpha value is -1.91. The highest BCUT2D eigenvalue weighted by molar-refractivity contribution is 5.89. The van der Waals surface area contributed by atoms with Crippen LogP contribution < -0.4 is 0 Å². The Balaban J connectivity index is 3.04. The molecule has 0 amide bonds. The van der Waals surface area contributed by atoms with Gasteiger partial charge in [-0.05, 0) is 23.8 Å². The maximum Gasteiger partial charge on any atom is 0.364 e. The minimum Gasteiger partial charge on any atom is -0.505 e. The molecular formula is C9H6F2O3. The van der Waals surface area contributed by atoms with E-state index in [1.165, 1.54) is 6.07 Å². The first-order valence-electron chi connectivity index (χ1n) is 3.59. The summed E-state index contributed by atoms with van der Waals surface area (Å²) in [5.74, 6) is -4.62. The number of rotatable bonds is 2. The van der Waals surface area contributed by atoms with Crippen LogP contribution >= 0.6 is 0 Å². The molecule has 0 aliphatic rings. The van der Waals surface area contributed by atoms with Crippen LogP contribution in [0.5, 0.6) is 5.75 Å². The van der Waals surface area contributed by atoms with Crippen molar-refractivity contribution in [2.75, 3.05) is 0 Å². The zero-order valence-electron chi connectivity index (χ0n) is 6.87. The van der Waals surface area contributed by atoms with Crippen molar-refractivity contribution in [3.63, 3.8) is 0 Å². The van der Waals surface area contributed by atoms with E-state index in [1.54, 1.807) is 0 Å². The molecule has 0 heterocycles. The van der Waals surface area contributed by atoms with Crippen molar-refractivity contribution in [1.29, 1.82) is 0 Å². The molecule has 0 aliphatic carbocycles. The molecule has 14 heavy (non-hydrogen) atoms. The summed E-state index contributed by atoms with van der Waals surface area (Å²) >= 11 is 0. The fourth-order valence-corrected chi connectivity index (χ4v) is 0.821. The van der Waals surface area contributed by atoms with Gasteiger partial charge in [0.2, 0.25) is 5.83 Å². The van der Waals surface area contributed by atoms with Crippen LogP contribution in [0.25, 0.3) is 6.08 Å². The van der Waals surface area contributed by atoms with Gasteiger partial charge >= 0.3 is 5.97 Å².